The van der Waals surface area contributed by atoms with Crippen molar-refractivity contribution in [3.05, 3.63) is 11.6 Å². The first-order valence-corrected chi connectivity index (χ1v) is 4.00. The Morgan fingerprint density at radius 3 is 2.89 bits per heavy atom. The lowest BCUT2D eigenvalue weighted by Gasteiger charge is -1.94. The maximum absolute atomic E-state index is 2.39. The van der Waals surface area contributed by atoms with Crippen LogP contribution in [0.5, 0.6) is 0 Å². The van der Waals surface area contributed by atoms with Crippen molar-refractivity contribution >= 4 is 0 Å². The predicted octanol–water partition coefficient (Wildman–Crippen LogP) is 3.14. The zero-order chi connectivity index (χ0) is 6.69. The third-order valence-electron chi connectivity index (χ3n) is 2.06. The Morgan fingerprint density at radius 1 is 1.67 bits per heavy atom. The lowest BCUT2D eigenvalue weighted by atomic mass is 10.1. The van der Waals surface area contributed by atoms with Gasteiger partial charge in [-0.3, -0.25) is 0 Å². The van der Waals surface area contributed by atoms with Crippen LogP contribution in [0.1, 0.15) is 39.5 Å². The van der Waals surface area contributed by atoms with Gasteiger partial charge in [-0.2, -0.15) is 0 Å². The molecular formula is C9H16. The first-order valence-electron chi connectivity index (χ1n) is 4.00. The molecule has 0 nitrogen and oxygen atoms in total. The standard InChI is InChI=1S/C9H16/c1-3-4-9-6-5-8(2)7-9/h4,8H,3,5-7H2,1-2H3. The Kier molecular flexibility index (Phi) is 2.32. The van der Waals surface area contributed by atoms with E-state index in [0.717, 1.165) is 5.92 Å². The van der Waals surface area contributed by atoms with E-state index in [0.29, 0.717) is 0 Å². The minimum absolute atomic E-state index is 0.961. The Labute approximate surface area is 58.0 Å². The quantitative estimate of drug-likeness (QED) is 0.471. The number of rotatable bonds is 1. The molecule has 1 aliphatic carbocycles. The maximum atomic E-state index is 2.39. The summed E-state index contributed by atoms with van der Waals surface area (Å²) in [5.41, 5.74) is 1.70. The second-order valence-corrected chi connectivity index (χ2v) is 3.12. The smallest absolute Gasteiger partial charge is 0.0294 e. The van der Waals surface area contributed by atoms with Gasteiger partial charge in [0.15, 0.2) is 0 Å². The fourth-order valence-electron chi connectivity index (χ4n) is 1.56. The van der Waals surface area contributed by atoms with Crippen molar-refractivity contribution in [2.75, 3.05) is 0 Å². The molecule has 1 atom stereocenters. The summed E-state index contributed by atoms with van der Waals surface area (Å²) >= 11 is 0. The van der Waals surface area contributed by atoms with Crippen molar-refractivity contribution in [3.8, 4) is 0 Å². The summed E-state index contributed by atoms with van der Waals surface area (Å²) in [5.74, 6) is 0.961. The predicted molar refractivity (Wildman–Crippen MR) is 41.4 cm³/mol. The van der Waals surface area contributed by atoms with Crippen molar-refractivity contribution in [2.24, 2.45) is 5.92 Å². The van der Waals surface area contributed by atoms with Crippen LogP contribution in [0, 0.1) is 5.92 Å². The van der Waals surface area contributed by atoms with Gasteiger partial charge in [0.05, 0.1) is 0 Å². The Morgan fingerprint density at radius 2 is 2.44 bits per heavy atom. The van der Waals surface area contributed by atoms with Crippen molar-refractivity contribution in [1.29, 1.82) is 0 Å². The van der Waals surface area contributed by atoms with Gasteiger partial charge in [0.25, 0.3) is 0 Å². The molecule has 0 bridgehead atoms. The van der Waals surface area contributed by atoms with E-state index >= 15 is 0 Å². The first kappa shape index (κ1) is 6.85. The average molecular weight is 124 g/mol. The molecule has 1 saturated carbocycles. The molecule has 9 heavy (non-hydrogen) atoms. The summed E-state index contributed by atoms with van der Waals surface area (Å²) in [6, 6.07) is 0. The fraction of sp³-hybridized carbons (Fsp3) is 0.778. The second kappa shape index (κ2) is 3.05. The molecule has 0 aliphatic heterocycles. The highest BCUT2D eigenvalue weighted by Gasteiger charge is 2.13. The summed E-state index contributed by atoms with van der Waals surface area (Å²) in [5, 5.41) is 0. The van der Waals surface area contributed by atoms with Crippen molar-refractivity contribution in [1.82, 2.24) is 0 Å². The Balaban J connectivity index is 2.38. The maximum Gasteiger partial charge on any atom is -0.0294 e. The molecule has 1 fully saturated rings. The minimum atomic E-state index is 0.961. The van der Waals surface area contributed by atoms with Crippen LogP contribution in [-0.4, -0.2) is 0 Å². The molecule has 52 valence electrons. The van der Waals surface area contributed by atoms with Gasteiger partial charge in [-0.25, -0.2) is 0 Å². The van der Waals surface area contributed by atoms with Crippen molar-refractivity contribution in [3.63, 3.8) is 0 Å². The van der Waals surface area contributed by atoms with Gasteiger partial charge in [-0.05, 0) is 31.6 Å². The van der Waals surface area contributed by atoms with Gasteiger partial charge in [0, 0.05) is 0 Å². The zero-order valence-electron chi connectivity index (χ0n) is 6.48. The van der Waals surface area contributed by atoms with Crippen molar-refractivity contribution in [2.45, 2.75) is 39.5 Å². The van der Waals surface area contributed by atoms with Crippen molar-refractivity contribution < 1.29 is 0 Å². The topological polar surface area (TPSA) is 0 Å². The molecule has 1 aliphatic rings. The molecule has 0 aromatic rings. The third-order valence-corrected chi connectivity index (χ3v) is 2.06. The van der Waals surface area contributed by atoms with Crippen LogP contribution in [0.3, 0.4) is 0 Å². The lowest BCUT2D eigenvalue weighted by molar-refractivity contribution is 0.620. The summed E-state index contributed by atoms with van der Waals surface area (Å²) in [6.07, 6.45) is 7.78. The zero-order valence-corrected chi connectivity index (χ0v) is 6.48. The normalized spacial score (nSPS) is 31.8. The summed E-state index contributed by atoms with van der Waals surface area (Å²) in [4.78, 5) is 0. The highest BCUT2D eigenvalue weighted by molar-refractivity contribution is 5.06. The van der Waals surface area contributed by atoms with Gasteiger partial charge in [0.2, 0.25) is 0 Å². The molecule has 0 saturated heterocycles. The van der Waals surface area contributed by atoms with Crippen LogP contribution in [0.2, 0.25) is 0 Å². The van der Waals surface area contributed by atoms with Gasteiger partial charge in [0.1, 0.15) is 0 Å². The molecule has 0 amide bonds. The number of allylic oxidation sites excluding steroid dienone is 2. The monoisotopic (exact) mass is 124 g/mol. The van der Waals surface area contributed by atoms with Gasteiger partial charge >= 0.3 is 0 Å². The van der Waals surface area contributed by atoms with E-state index in [1.165, 1.54) is 25.7 Å². The van der Waals surface area contributed by atoms with E-state index in [1.54, 1.807) is 5.57 Å². The van der Waals surface area contributed by atoms with E-state index in [-0.39, 0.29) is 0 Å². The Bertz CT molecular complexity index is 111. The Hall–Kier alpha value is -0.260. The van der Waals surface area contributed by atoms with Crippen LogP contribution < -0.4 is 0 Å². The average Bonchev–Trinajstić information content (AvgIpc) is 2.17. The third kappa shape index (κ3) is 1.85. The van der Waals surface area contributed by atoms with Crippen LogP contribution in [-0.2, 0) is 0 Å². The molecule has 0 spiro atoms. The molecule has 0 N–H and O–H groups in total. The first-order chi connectivity index (χ1) is 4.33. The van der Waals surface area contributed by atoms with E-state index in [1.807, 2.05) is 0 Å². The minimum Gasteiger partial charge on any atom is -0.0856 e. The molecule has 1 rings (SSSR count). The summed E-state index contributed by atoms with van der Waals surface area (Å²) in [6.45, 7) is 4.56. The molecule has 0 aromatic carbocycles. The molecule has 0 aromatic heterocycles. The van der Waals surface area contributed by atoms with E-state index < -0.39 is 0 Å². The van der Waals surface area contributed by atoms with Gasteiger partial charge in [-0.1, -0.05) is 25.5 Å². The number of hydrogen-bond donors (Lipinski definition) is 0. The van der Waals surface area contributed by atoms with Crippen LogP contribution >= 0.6 is 0 Å². The molecule has 0 heterocycles. The van der Waals surface area contributed by atoms with Crippen LogP contribution in [0.4, 0.5) is 0 Å². The molecular weight excluding hydrogens is 108 g/mol. The van der Waals surface area contributed by atoms with E-state index in [9.17, 15) is 0 Å². The highest BCUT2D eigenvalue weighted by atomic mass is 14.2. The SMILES string of the molecule is CCC=C1CCC(C)C1. The summed E-state index contributed by atoms with van der Waals surface area (Å²) < 4.78 is 0. The lowest BCUT2D eigenvalue weighted by Crippen LogP contribution is -1.80. The molecule has 0 heteroatoms. The summed E-state index contributed by atoms with van der Waals surface area (Å²) in [7, 11) is 0. The second-order valence-electron chi connectivity index (χ2n) is 3.12. The highest BCUT2D eigenvalue weighted by Crippen LogP contribution is 2.29. The van der Waals surface area contributed by atoms with Crippen LogP contribution in [0.25, 0.3) is 0 Å². The number of hydrogen-bond acceptors (Lipinski definition) is 0. The molecule has 0 radical (unpaired) electrons. The van der Waals surface area contributed by atoms with Crippen LogP contribution in [0.15, 0.2) is 11.6 Å². The fourth-order valence-corrected chi connectivity index (χ4v) is 1.56. The van der Waals surface area contributed by atoms with Gasteiger partial charge in [-0.15, -0.1) is 0 Å². The molecule has 1 unspecified atom stereocenters. The van der Waals surface area contributed by atoms with Gasteiger partial charge < -0.3 is 0 Å². The largest absolute Gasteiger partial charge is 0.0856 e. The van der Waals surface area contributed by atoms with E-state index in [4.69, 9.17) is 0 Å². The van der Waals surface area contributed by atoms with E-state index in [2.05, 4.69) is 19.9 Å².